The number of rotatable bonds is 0. The largest absolute Gasteiger partial charge is 0.0702 e. The van der Waals surface area contributed by atoms with Crippen LogP contribution in [0.4, 0.5) is 0 Å². The first-order chi connectivity index (χ1) is 6.60. The number of benzene rings is 1. The van der Waals surface area contributed by atoms with Crippen LogP contribution in [0.25, 0.3) is 0 Å². The highest BCUT2D eigenvalue weighted by Crippen LogP contribution is 2.27. The maximum absolute atomic E-state index is 2.38. The Bertz CT molecular complexity index is 318. The summed E-state index contributed by atoms with van der Waals surface area (Å²) in [6.45, 7) is 13.7. The smallest absolute Gasteiger partial charge is 0.0385 e. The van der Waals surface area contributed by atoms with Crippen LogP contribution in [-0.4, -0.2) is 10.2 Å². The highest BCUT2D eigenvalue weighted by Gasteiger charge is 2.19. The summed E-state index contributed by atoms with van der Waals surface area (Å²) < 4.78 is 0. The number of hydrogen-bond acceptors (Lipinski definition) is 0. The van der Waals surface area contributed by atoms with E-state index in [1.807, 2.05) is 0 Å². The predicted octanol–water partition coefficient (Wildman–Crippen LogP) is 2.27. The Kier molecular flexibility index (Phi) is 3.15. The van der Waals surface area contributed by atoms with Gasteiger partial charge in [0.1, 0.15) is 0 Å². The van der Waals surface area contributed by atoms with Crippen LogP contribution in [0.3, 0.4) is 0 Å². The lowest BCUT2D eigenvalue weighted by Gasteiger charge is -2.25. The first-order valence-corrected chi connectivity index (χ1v) is 6.73. The van der Waals surface area contributed by atoms with Crippen LogP contribution in [0.5, 0.6) is 0 Å². The van der Waals surface area contributed by atoms with Gasteiger partial charge in [-0.2, -0.15) is 0 Å². The van der Waals surface area contributed by atoms with Gasteiger partial charge in [0.25, 0.3) is 0 Å². The van der Waals surface area contributed by atoms with Crippen LogP contribution in [0, 0.1) is 0 Å². The molecule has 1 aromatic carbocycles. The minimum Gasteiger partial charge on any atom is -0.0702 e. The van der Waals surface area contributed by atoms with E-state index in [-0.39, 0.29) is 10.8 Å². The summed E-state index contributed by atoms with van der Waals surface area (Å²) in [5, 5.41) is 1.51. The molecule has 0 N–H and O–H groups in total. The lowest BCUT2D eigenvalue weighted by molar-refractivity contribution is 0.569. The maximum Gasteiger partial charge on any atom is 0.0385 e. The summed E-state index contributed by atoms with van der Waals surface area (Å²) in [4.78, 5) is 0. The molecular formula is C14H24Si. The molecule has 0 bridgehead atoms. The molecule has 0 fully saturated rings. The summed E-state index contributed by atoms with van der Waals surface area (Å²) in [6.07, 6.45) is 0. The molecule has 0 aliphatic rings. The van der Waals surface area contributed by atoms with Crippen molar-refractivity contribution in [3.05, 3.63) is 29.3 Å². The SMILES string of the molecule is CC(C)(C)c1cc([SiH3])cc(C(C)(C)C)c1. The van der Waals surface area contributed by atoms with Crippen LogP contribution in [-0.2, 0) is 10.8 Å². The van der Waals surface area contributed by atoms with E-state index >= 15 is 0 Å². The van der Waals surface area contributed by atoms with Gasteiger partial charge in [-0.25, -0.2) is 0 Å². The Morgan fingerprint density at radius 3 is 1.33 bits per heavy atom. The normalized spacial score (nSPS) is 13.2. The molecule has 1 rings (SSSR count). The fraction of sp³-hybridized carbons (Fsp3) is 0.571. The van der Waals surface area contributed by atoms with Gasteiger partial charge in [-0.15, -0.1) is 0 Å². The zero-order valence-electron chi connectivity index (χ0n) is 11.2. The Morgan fingerprint density at radius 1 is 0.733 bits per heavy atom. The van der Waals surface area contributed by atoms with Crippen LogP contribution in [0.1, 0.15) is 52.7 Å². The Balaban J connectivity index is 3.30. The molecule has 0 radical (unpaired) electrons. The summed E-state index contributed by atoms with van der Waals surface area (Å²) in [7, 11) is 1.14. The molecule has 0 aromatic heterocycles. The topological polar surface area (TPSA) is 0 Å². The minimum absolute atomic E-state index is 0.264. The van der Waals surface area contributed by atoms with E-state index in [1.165, 1.54) is 16.3 Å². The average Bonchev–Trinajstić information content (AvgIpc) is 1.99. The molecule has 0 saturated heterocycles. The van der Waals surface area contributed by atoms with Crippen molar-refractivity contribution in [3.8, 4) is 0 Å². The summed E-state index contributed by atoms with van der Waals surface area (Å²) in [6, 6.07) is 7.10. The average molecular weight is 220 g/mol. The summed E-state index contributed by atoms with van der Waals surface area (Å²) in [5.41, 5.74) is 3.47. The Hall–Kier alpha value is -0.563. The van der Waals surface area contributed by atoms with Gasteiger partial charge in [0.15, 0.2) is 0 Å². The molecule has 0 aliphatic heterocycles. The van der Waals surface area contributed by atoms with Gasteiger partial charge in [-0.05, 0) is 22.0 Å². The second kappa shape index (κ2) is 3.78. The van der Waals surface area contributed by atoms with E-state index in [4.69, 9.17) is 0 Å². The predicted molar refractivity (Wildman–Crippen MR) is 73.4 cm³/mol. The van der Waals surface area contributed by atoms with Gasteiger partial charge >= 0.3 is 0 Å². The second-order valence-electron chi connectivity index (χ2n) is 6.59. The van der Waals surface area contributed by atoms with Gasteiger partial charge in [-0.1, -0.05) is 64.9 Å². The second-order valence-corrected chi connectivity index (χ2v) is 7.74. The molecule has 0 heterocycles. The molecule has 0 spiro atoms. The van der Waals surface area contributed by atoms with E-state index in [2.05, 4.69) is 59.7 Å². The highest BCUT2D eigenvalue weighted by atomic mass is 28.1. The van der Waals surface area contributed by atoms with Crippen molar-refractivity contribution in [1.29, 1.82) is 0 Å². The van der Waals surface area contributed by atoms with Gasteiger partial charge < -0.3 is 0 Å². The minimum atomic E-state index is 0.264. The van der Waals surface area contributed by atoms with Crippen molar-refractivity contribution in [1.82, 2.24) is 0 Å². The van der Waals surface area contributed by atoms with Crippen molar-refractivity contribution < 1.29 is 0 Å². The Labute approximate surface area is 97.5 Å². The van der Waals surface area contributed by atoms with Gasteiger partial charge in [-0.3, -0.25) is 0 Å². The third-order valence-electron chi connectivity index (χ3n) is 2.81. The zero-order valence-corrected chi connectivity index (χ0v) is 13.2. The molecule has 1 aromatic rings. The molecule has 0 aliphatic carbocycles. The van der Waals surface area contributed by atoms with E-state index in [0.29, 0.717) is 0 Å². The lowest BCUT2D eigenvalue weighted by Crippen LogP contribution is -2.20. The van der Waals surface area contributed by atoms with E-state index < -0.39 is 0 Å². The molecule has 0 atom stereocenters. The fourth-order valence-electron chi connectivity index (χ4n) is 1.65. The van der Waals surface area contributed by atoms with Crippen LogP contribution in [0.15, 0.2) is 18.2 Å². The monoisotopic (exact) mass is 220 g/mol. The highest BCUT2D eigenvalue weighted by molar-refractivity contribution is 6.32. The van der Waals surface area contributed by atoms with Crippen LogP contribution >= 0.6 is 0 Å². The van der Waals surface area contributed by atoms with Crippen molar-refractivity contribution in [2.45, 2.75) is 52.4 Å². The molecular weight excluding hydrogens is 196 g/mol. The van der Waals surface area contributed by atoms with E-state index in [1.54, 1.807) is 0 Å². The van der Waals surface area contributed by atoms with E-state index in [0.717, 1.165) is 10.2 Å². The molecule has 84 valence electrons. The van der Waals surface area contributed by atoms with Gasteiger partial charge in [0, 0.05) is 10.2 Å². The lowest BCUT2D eigenvalue weighted by atomic mass is 9.81. The fourth-order valence-corrected chi connectivity index (χ4v) is 2.27. The number of hydrogen-bond donors (Lipinski definition) is 0. The molecule has 1 heteroatoms. The zero-order chi connectivity index (χ0) is 11.9. The standard InChI is InChI=1S/C14H24Si/c1-13(2,3)10-7-11(14(4,5)6)9-12(15)8-10/h7-9H,1-6,15H3. The van der Waals surface area contributed by atoms with Crippen molar-refractivity contribution in [2.24, 2.45) is 0 Å². The van der Waals surface area contributed by atoms with E-state index in [9.17, 15) is 0 Å². The molecule has 0 unspecified atom stereocenters. The molecule has 15 heavy (non-hydrogen) atoms. The molecule has 0 saturated carbocycles. The summed E-state index contributed by atoms with van der Waals surface area (Å²) >= 11 is 0. The van der Waals surface area contributed by atoms with Crippen molar-refractivity contribution >= 4 is 15.4 Å². The molecule has 0 amide bonds. The van der Waals surface area contributed by atoms with Crippen LogP contribution in [0.2, 0.25) is 0 Å². The third-order valence-corrected chi connectivity index (χ3v) is 3.39. The first-order valence-electron chi connectivity index (χ1n) is 5.73. The quantitative estimate of drug-likeness (QED) is 0.589. The third kappa shape index (κ3) is 3.20. The van der Waals surface area contributed by atoms with Gasteiger partial charge in [0.2, 0.25) is 0 Å². The van der Waals surface area contributed by atoms with Crippen molar-refractivity contribution in [2.75, 3.05) is 0 Å². The first kappa shape index (κ1) is 12.5. The molecule has 0 nitrogen and oxygen atoms in total. The Morgan fingerprint density at radius 2 is 1.07 bits per heavy atom. The van der Waals surface area contributed by atoms with Gasteiger partial charge in [0.05, 0.1) is 0 Å². The summed E-state index contributed by atoms with van der Waals surface area (Å²) in [5.74, 6) is 0. The maximum atomic E-state index is 2.38. The van der Waals surface area contributed by atoms with Crippen LogP contribution < -0.4 is 5.19 Å². The van der Waals surface area contributed by atoms with Crippen molar-refractivity contribution in [3.63, 3.8) is 0 Å².